The van der Waals surface area contributed by atoms with Crippen LogP contribution >= 0.6 is 11.8 Å². The fourth-order valence-electron chi connectivity index (χ4n) is 2.04. The van der Waals surface area contributed by atoms with Gasteiger partial charge in [-0.3, -0.25) is 14.9 Å². The molecule has 8 heteroatoms. The van der Waals surface area contributed by atoms with E-state index >= 15 is 0 Å². The number of amides is 1. The Bertz CT molecular complexity index is 861. The number of nitrogens with one attached hydrogen (secondary N) is 1. The third kappa shape index (κ3) is 5.02. The Kier molecular flexibility index (Phi) is 6.08. The number of non-ortho nitro benzene ring substituents is 1. The van der Waals surface area contributed by atoms with Crippen molar-refractivity contribution in [1.82, 2.24) is 4.98 Å². The van der Waals surface area contributed by atoms with E-state index in [0.717, 1.165) is 11.3 Å². The Morgan fingerprint density at radius 1 is 1.36 bits per heavy atom. The van der Waals surface area contributed by atoms with E-state index in [1.807, 2.05) is 6.92 Å². The predicted octanol–water partition coefficient (Wildman–Crippen LogP) is 3.60. The zero-order valence-corrected chi connectivity index (χ0v) is 14.6. The zero-order chi connectivity index (χ0) is 18.4. The van der Waals surface area contributed by atoms with Gasteiger partial charge in [-0.15, -0.1) is 11.8 Å². The van der Waals surface area contributed by atoms with Crippen LogP contribution in [0.1, 0.15) is 23.2 Å². The summed E-state index contributed by atoms with van der Waals surface area (Å²) in [6.45, 7) is 3.60. The Morgan fingerprint density at radius 3 is 2.80 bits per heavy atom. The molecule has 2 rings (SSSR count). The van der Waals surface area contributed by atoms with Crippen molar-refractivity contribution in [3.63, 3.8) is 0 Å². The standard InChI is InChI=1S/C17H16N4O3S/c1-11-3-6-14(21(23)24)9-15(11)20-16(22)7-8-25-17-13(10-18)5-4-12(2)19-17/h3-6,9H,7-8H2,1-2H3,(H,20,22). The maximum atomic E-state index is 12.1. The number of nitro groups is 1. The van der Waals surface area contributed by atoms with Gasteiger partial charge in [0.05, 0.1) is 16.2 Å². The van der Waals surface area contributed by atoms with Crippen LogP contribution in [-0.2, 0) is 4.79 Å². The molecule has 128 valence electrons. The van der Waals surface area contributed by atoms with Crippen molar-refractivity contribution in [3.05, 3.63) is 57.3 Å². The Hall–Kier alpha value is -2.92. The Balaban J connectivity index is 1.96. The van der Waals surface area contributed by atoms with E-state index in [0.29, 0.717) is 22.0 Å². The quantitative estimate of drug-likeness (QED) is 0.481. The molecule has 1 aromatic carbocycles. The molecule has 0 spiro atoms. The lowest BCUT2D eigenvalue weighted by atomic mass is 10.2. The minimum absolute atomic E-state index is 0.0714. The molecule has 1 heterocycles. The molecule has 1 amide bonds. The number of nitriles is 1. The number of nitro benzene ring substituents is 1. The number of hydrogen-bond donors (Lipinski definition) is 1. The smallest absolute Gasteiger partial charge is 0.271 e. The van der Waals surface area contributed by atoms with E-state index in [9.17, 15) is 14.9 Å². The van der Waals surface area contributed by atoms with E-state index in [2.05, 4.69) is 16.4 Å². The fraction of sp³-hybridized carbons (Fsp3) is 0.235. The van der Waals surface area contributed by atoms with E-state index in [1.54, 1.807) is 25.1 Å². The molecule has 0 atom stereocenters. The summed E-state index contributed by atoms with van der Waals surface area (Å²) in [5.41, 5.74) is 2.39. The molecule has 25 heavy (non-hydrogen) atoms. The normalized spacial score (nSPS) is 10.1. The van der Waals surface area contributed by atoms with Gasteiger partial charge >= 0.3 is 0 Å². The molecule has 0 saturated carbocycles. The predicted molar refractivity (Wildman–Crippen MR) is 95.5 cm³/mol. The second-order valence-corrected chi connectivity index (χ2v) is 6.40. The highest BCUT2D eigenvalue weighted by Crippen LogP contribution is 2.23. The van der Waals surface area contributed by atoms with Crippen molar-refractivity contribution in [2.24, 2.45) is 0 Å². The third-order valence-electron chi connectivity index (χ3n) is 3.39. The topological polar surface area (TPSA) is 109 Å². The molecule has 0 saturated heterocycles. The average Bonchev–Trinajstić information content (AvgIpc) is 2.57. The van der Waals surface area contributed by atoms with Crippen molar-refractivity contribution >= 4 is 29.0 Å². The number of hydrogen-bond acceptors (Lipinski definition) is 6. The highest BCUT2D eigenvalue weighted by Gasteiger charge is 2.12. The van der Waals surface area contributed by atoms with Crippen LogP contribution in [0.5, 0.6) is 0 Å². The third-order valence-corrected chi connectivity index (χ3v) is 4.39. The molecular weight excluding hydrogens is 340 g/mol. The minimum Gasteiger partial charge on any atom is -0.326 e. The number of aryl methyl sites for hydroxylation is 2. The lowest BCUT2D eigenvalue weighted by molar-refractivity contribution is -0.384. The first-order chi connectivity index (χ1) is 11.9. The van der Waals surface area contributed by atoms with Crippen LogP contribution in [0.3, 0.4) is 0 Å². The average molecular weight is 356 g/mol. The molecule has 0 aliphatic rings. The number of anilines is 1. The van der Waals surface area contributed by atoms with Crippen LogP contribution in [0.25, 0.3) is 0 Å². The summed E-state index contributed by atoms with van der Waals surface area (Å²) >= 11 is 1.33. The molecule has 7 nitrogen and oxygen atoms in total. The van der Waals surface area contributed by atoms with Crippen molar-refractivity contribution in [2.75, 3.05) is 11.1 Å². The van der Waals surface area contributed by atoms with Gasteiger partial charge in [-0.2, -0.15) is 5.26 Å². The van der Waals surface area contributed by atoms with Gasteiger partial charge < -0.3 is 5.32 Å². The van der Waals surface area contributed by atoms with Gasteiger partial charge in [0.25, 0.3) is 5.69 Å². The molecule has 0 aliphatic heterocycles. The second-order valence-electron chi connectivity index (χ2n) is 5.32. The van der Waals surface area contributed by atoms with Gasteiger partial charge in [0.1, 0.15) is 11.1 Å². The first kappa shape index (κ1) is 18.4. The Labute approximate surface area is 149 Å². The molecule has 0 unspecified atom stereocenters. The van der Waals surface area contributed by atoms with Crippen LogP contribution in [0.4, 0.5) is 11.4 Å². The summed E-state index contributed by atoms with van der Waals surface area (Å²) in [4.78, 5) is 26.7. The van der Waals surface area contributed by atoms with Gasteiger partial charge in [-0.25, -0.2) is 4.98 Å². The van der Waals surface area contributed by atoms with Gasteiger partial charge in [0.15, 0.2) is 0 Å². The minimum atomic E-state index is -0.502. The van der Waals surface area contributed by atoms with E-state index in [4.69, 9.17) is 5.26 Å². The molecule has 1 aromatic heterocycles. The first-order valence-corrected chi connectivity index (χ1v) is 8.44. The number of aromatic nitrogens is 1. The van der Waals surface area contributed by atoms with Crippen LogP contribution in [0, 0.1) is 35.3 Å². The summed E-state index contributed by atoms with van der Waals surface area (Å²) in [5.74, 6) is 0.201. The lowest BCUT2D eigenvalue weighted by Gasteiger charge is -2.08. The van der Waals surface area contributed by atoms with Crippen molar-refractivity contribution < 1.29 is 9.72 Å². The highest BCUT2D eigenvalue weighted by atomic mass is 32.2. The van der Waals surface area contributed by atoms with Gasteiger partial charge in [0, 0.05) is 30.0 Å². The van der Waals surface area contributed by atoms with Crippen molar-refractivity contribution in [2.45, 2.75) is 25.3 Å². The van der Waals surface area contributed by atoms with Crippen LogP contribution in [0.15, 0.2) is 35.4 Å². The summed E-state index contributed by atoms with van der Waals surface area (Å²) in [7, 11) is 0. The van der Waals surface area contributed by atoms with E-state index < -0.39 is 4.92 Å². The number of nitrogens with zero attached hydrogens (tertiary/aromatic N) is 3. The Morgan fingerprint density at radius 2 is 2.12 bits per heavy atom. The molecule has 0 bridgehead atoms. The first-order valence-electron chi connectivity index (χ1n) is 7.46. The largest absolute Gasteiger partial charge is 0.326 e. The number of carbonyl (C=O) groups is 1. The number of benzene rings is 1. The number of pyridine rings is 1. The molecule has 1 N–H and O–H groups in total. The van der Waals surface area contributed by atoms with Crippen molar-refractivity contribution in [1.29, 1.82) is 5.26 Å². The number of carbonyl (C=O) groups excluding carboxylic acids is 1. The molecule has 0 radical (unpaired) electrons. The summed E-state index contributed by atoms with van der Waals surface area (Å²) in [6, 6.07) is 9.88. The van der Waals surface area contributed by atoms with Gasteiger partial charge in [-0.1, -0.05) is 6.07 Å². The van der Waals surface area contributed by atoms with Crippen LogP contribution < -0.4 is 5.32 Å². The molecule has 0 aliphatic carbocycles. The van der Waals surface area contributed by atoms with E-state index in [-0.39, 0.29) is 18.0 Å². The summed E-state index contributed by atoms with van der Waals surface area (Å²) in [6.07, 6.45) is 0.202. The summed E-state index contributed by atoms with van der Waals surface area (Å²) in [5, 5.41) is 23.2. The van der Waals surface area contributed by atoms with Crippen LogP contribution in [0.2, 0.25) is 0 Å². The summed E-state index contributed by atoms with van der Waals surface area (Å²) < 4.78 is 0. The highest BCUT2D eigenvalue weighted by molar-refractivity contribution is 7.99. The van der Waals surface area contributed by atoms with Crippen molar-refractivity contribution in [3.8, 4) is 6.07 Å². The lowest BCUT2D eigenvalue weighted by Crippen LogP contribution is -2.13. The van der Waals surface area contributed by atoms with E-state index in [1.165, 1.54) is 23.9 Å². The molecular formula is C17H16N4O3S. The monoisotopic (exact) mass is 356 g/mol. The number of thioether (sulfide) groups is 1. The fourth-order valence-corrected chi connectivity index (χ4v) is 3.00. The molecule has 0 fully saturated rings. The zero-order valence-electron chi connectivity index (χ0n) is 13.8. The van der Waals surface area contributed by atoms with Crippen LogP contribution in [-0.4, -0.2) is 21.6 Å². The SMILES string of the molecule is Cc1ccc(C#N)c(SCCC(=O)Nc2cc([N+](=O)[O-])ccc2C)n1. The molecule has 2 aromatic rings. The second kappa shape index (κ2) is 8.26. The number of rotatable bonds is 6. The maximum Gasteiger partial charge on any atom is 0.271 e. The maximum absolute atomic E-state index is 12.1. The van der Waals surface area contributed by atoms with Gasteiger partial charge in [0.2, 0.25) is 5.91 Å². The van der Waals surface area contributed by atoms with Gasteiger partial charge in [-0.05, 0) is 31.5 Å².